The highest BCUT2D eigenvalue weighted by Gasteiger charge is 2.65. The van der Waals surface area contributed by atoms with E-state index in [9.17, 15) is 14.7 Å². The second kappa shape index (κ2) is 7.69. The van der Waals surface area contributed by atoms with Crippen LogP contribution in [0.25, 0.3) is 0 Å². The molecule has 6 atom stereocenters. The third-order valence-corrected chi connectivity index (χ3v) is 7.96. The van der Waals surface area contributed by atoms with Gasteiger partial charge in [0.15, 0.2) is 0 Å². The molecule has 29 heavy (non-hydrogen) atoms. The summed E-state index contributed by atoms with van der Waals surface area (Å²) in [7, 11) is 1.51. The monoisotopic (exact) mass is 408 g/mol. The van der Waals surface area contributed by atoms with Gasteiger partial charge in [0.2, 0.25) is 6.29 Å². The Morgan fingerprint density at radius 1 is 1.31 bits per heavy atom. The predicted molar refractivity (Wildman–Crippen MR) is 108 cm³/mol. The lowest BCUT2D eigenvalue weighted by molar-refractivity contribution is -0.249. The van der Waals surface area contributed by atoms with Crippen LogP contribution >= 0.6 is 0 Å². The van der Waals surface area contributed by atoms with Crippen LogP contribution < -0.4 is 0 Å². The van der Waals surface area contributed by atoms with Crippen molar-refractivity contribution in [1.82, 2.24) is 0 Å². The number of carbonyl (C=O) groups is 2. The molecule has 0 amide bonds. The van der Waals surface area contributed by atoms with Crippen molar-refractivity contribution in [3.63, 3.8) is 0 Å². The summed E-state index contributed by atoms with van der Waals surface area (Å²) in [6.45, 7) is 10.2. The van der Waals surface area contributed by atoms with Gasteiger partial charge in [-0.3, -0.25) is 4.79 Å². The minimum Gasteiger partial charge on any atom is -0.462 e. The molecule has 0 spiro atoms. The summed E-state index contributed by atoms with van der Waals surface area (Å²) >= 11 is 0. The van der Waals surface area contributed by atoms with Crippen molar-refractivity contribution in [2.45, 2.75) is 91.1 Å². The highest BCUT2D eigenvalue weighted by molar-refractivity contribution is 5.85. The first-order chi connectivity index (χ1) is 13.4. The van der Waals surface area contributed by atoms with Crippen molar-refractivity contribution in [2.75, 3.05) is 7.11 Å². The zero-order valence-corrected chi connectivity index (χ0v) is 18.6. The lowest BCUT2D eigenvalue weighted by Crippen LogP contribution is -2.66. The van der Waals surface area contributed by atoms with E-state index in [2.05, 4.69) is 27.7 Å². The van der Waals surface area contributed by atoms with Crippen LogP contribution in [0.15, 0.2) is 11.6 Å². The fourth-order valence-corrected chi connectivity index (χ4v) is 6.75. The van der Waals surface area contributed by atoms with E-state index in [1.54, 1.807) is 0 Å². The molecule has 6 nitrogen and oxygen atoms in total. The normalized spacial score (nSPS) is 41.3. The maximum Gasteiger partial charge on any atom is 0.333 e. The SMILES string of the molecule is CO[C@@H]1OC(=O)C=C1CC[C@]1(O)[C@@H](C)C[C@H](OC(C)=O)[C@@H]2C(C)(C)CCC[C@]21C. The number of ether oxygens (including phenoxy) is 3. The highest BCUT2D eigenvalue weighted by Crippen LogP contribution is 2.64. The Morgan fingerprint density at radius 2 is 2.00 bits per heavy atom. The summed E-state index contributed by atoms with van der Waals surface area (Å²) in [4.78, 5) is 23.5. The van der Waals surface area contributed by atoms with Gasteiger partial charge < -0.3 is 19.3 Å². The van der Waals surface area contributed by atoms with E-state index in [0.29, 0.717) is 19.3 Å². The van der Waals surface area contributed by atoms with Gasteiger partial charge in [-0.2, -0.15) is 0 Å². The largest absolute Gasteiger partial charge is 0.462 e. The molecule has 3 aliphatic rings. The number of hydrogen-bond acceptors (Lipinski definition) is 6. The molecule has 0 aromatic heterocycles. The Bertz CT molecular complexity index is 697. The van der Waals surface area contributed by atoms with Gasteiger partial charge >= 0.3 is 11.9 Å². The lowest BCUT2D eigenvalue weighted by Gasteiger charge is -2.64. The first-order valence-corrected chi connectivity index (χ1v) is 10.8. The van der Waals surface area contributed by atoms with Crippen molar-refractivity contribution in [3.8, 4) is 0 Å². The molecular formula is C23H36O6. The van der Waals surface area contributed by atoms with Gasteiger partial charge in [-0.25, -0.2) is 4.79 Å². The highest BCUT2D eigenvalue weighted by atomic mass is 16.7. The van der Waals surface area contributed by atoms with Gasteiger partial charge in [0.25, 0.3) is 0 Å². The first-order valence-electron chi connectivity index (χ1n) is 10.8. The topological polar surface area (TPSA) is 82.1 Å². The smallest absolute Gasteiger partial charge is 0.333 e. The average Bonchev–Trinajstić information content (AvgIpc) is 2.96. The standard InChI is InChI=1S/C23H36O6/c1-14-12-17(28-15(2)24)19-21(3,4)9-7-10-22(19,5)23(14,26)11-8-16-13-18(25)29-20(16)27-6/h13-14,17,19-20,26H,7-12H2,1-6H3/t14-,17-,19+,20+,22+,23-/m0/s1. The maximum absolute atomic E-state index is 12.1. The Hall–Kier alpha value is -1.40. The Morgan fingerprint density at radius 3 is 2.62 bits per heavy atom. The van der Waals surface area contributed by atoms with Crippen LogP contribution in [0.1, 0.15) is 73.1 Å². The van der Waals surface area contributed by atoms with Crippen LogP contribution in [0, 0.1) is 22.7 Å². The van der Waals surface area contributed by atoms with E-state index < -0.39 is 17.9 Å². The van der Waals surface area contributed by atoms with Crippen molar-refractivity contribution >= 4 is 11.9 Å². The van der Waals surface area contributed by atoms with Crippen molar-refractivity contribution in [1.29, 1.82) is 0 Å². The summed E-state index contributed by atoms with van der Waals surface area (Å²) in [5, 5.41) is 12.1. The molecule has 3 rings (SSSR count). The summed E-state index contributed by atoms with van der Waals surface area (Å²) < 4.78 is 16.2. The Kier molecular flexibility index (Phi) is 5.91. The summed E-state index contributed by atoms with van der Waals surface area (Å²) in [6.07, 6.45) is 5.30. The van der Waals surface area contributed by atoms with Crippen LogP contribution in [0.2, 0.25) is 0 Å². The molecule has 0 aromatic carbocycles. The van der Waals surface area contributed by atoms with Crippen LogP contribution in [0.4, 0.5) is 0 Å². The fourth-order valence-electron chi connectivity index (χ4n) is 6.75. The van der Waals surface area contributed by atoms with Gasteiger partial charge in [0.1, 0.15) is 6.10 Å². The van der Waals surface area contributed by atoms with Gasteiger partial charge in [0, 0.05) is 37.0 Å². The van der Waals surface area contributed by atoms with Crippen LogP contribution in [-0.4, -0.2) is 42.1 Å². The van der Waals surface area contributed by atoms with Crippen LogP contribution in [-0.2, 0) is 23.8 Å². The molecule has 0 unspecified atom stereocenters. The molecule has 2 aliphatic carbocycles. The van der Waals surface area contributed by atoms with E-state index in [-0.39, 0.29) is 34.7 Å². The second-order valence-corrected chi connectivity index (χ2v) is 10.2. The number of carbonyl (C=O) groups excluding carboxylic acids is 2. The molecule has 1 aliphatic heterocycles. The number of cyclic esters (lactones) is 1. The third kappa shape index (κ3) is 3.74. The van der Waals surface area contributed by atoms with E-state index in [0.717, 1.165) is 24.8 Å². The number of aliphatic hydroxyl groups is 1. The zero-order valence-electron chi connectivity index (χ0n) is 18.6. The van der Waals surface area contributed by atoms with Gasteiger partial charge in [-0.1, -0.05) is 34.1 Å². The number of esters is 2. The van der Waals surface area contributed by atoms with Crippen LogP contribution in [0.5, 0.6) is 0 Å². The number of hydrogen-bond donors (Lipinski definition) is 1. The molecule has 1 N–H and O–H groups in total. The predicted octanol–water partition coefficient (Wildman–Crippen LogP) is 3.76. The van der Waals surface area contributed by atoms with Crippen molar-refractivity contribution in [2.24, 2.45) is 22.7 Å². The van der Waals surface area contributed by atoms with E-state index in [1.165, 1.54) is 20.1 Å². The molecule has 2 fully saturated rings. The molecule has 0 saturated heterocycles. The second-order valence-electron chi connectivity index (χ2n) is 10.2. The van der Waals surface area contributed by atoms with Gasteiger partial charge in [-0.05, 0) is 43.4 Å². The average molecular weight is 409 g/mol. The van der Waals surface area contributed by atoms with E-state index in [1.807, 2.05) is 0 Å². The molecule has 1 heterocycles. The van der Waals surface area contributed by atoms with Gasteiger partial charge in [0.05, 0.1) is 5.60 Å². The first kappa shape index (κ1) is 22.3. The van der Waals surface area contributed by atoms with Crippen molar-refractivity contribution < 1.29 is 28.9 Å². The maximum atomic E-state index is 12.1. The summed E-state index contributed by atoms with van der Waals surface area (Å²) in [5.74, 6) is -0.622. The molecular weight excluding hydrogens is 372 g/mol. The minimum atomic E-state index is -0.934. The van der Waals surface area contributed by atoms with Crippen molar-refractivity contribution in [3.05, 3.63) is 11.6 Å². The summed E-state index contributed by atoms with van der Waals surface area (Å²) in [5.41, 5.74) is -0.590. The minimum absolute atomic E-state index is 0.0397. The zero-order chi connectivity index (χ0) is 21.6. The van der Waals surface area contributed by atoms with E-state index >= 15 is 0 Å². The Labute approximate surface area is 174 Å². The lowest BCUT2D eigenvalue weighted by atomic mass is 9.43. The quantitative estimate of drug-likeness (QED) is 0.698. The summed E-state index contributed by atoms with van der Waals surface area (Å²) in [6, 6.07) is 0. The van der Waals surface area contributed by atoms with E-state index in [4.69, 9.17) is 14.2 Å². The Balaban J connectivity index is 1.92. The third-order valence-electron chi connectivity index (χ3n) is 7.96. The van der Waals surface area contributed by atoms with Gasteiger partial charge in [-0.15, -0.1) is 0 Å². The number of methoxy groups -OCH3 is 1. The fraction of sp³-hybridized carbons (Fsp3) is 0.826. The molecule has 6 heteroatoms. The number of rotatable bonds is 5. The molecule has 0 radical (unpaired) electrons. The molecule has 164 valence electrons. The molecule has 0 bridgehead atoms. The van der Waals surface area contributed by atoms with Crippen LogP contribution in [0.3, 0.4) is 0 Å². The number of fused-ring (bicyclic) bond motifs is 1. The molecule has 2 saturated carbocycles. The molecule has 0 aromatic rings.